The first-order valence-corrected chi connectivity index (χ1v) is 18.6. The summed E-state index contributed by atoms with van der Waals surface area (Å²) in [4.78, 5) is 36.2. The number of halogens is 3. The van der Waals surface area contributed by atoms with Crippen LogP contribution in [0.3, 0.4) is 0 Å². The van der Waals surface area contributed by atoms with Crippen molar-refractivity contribution in [3.63, 3.8) is 0 Å². The molecule has 1 aliphatic rings. The van der Waals surface area contributed by atoms with Gasteiger partial charge in [-0.2, -0.15) is 10.5 Å². The van der Waals surface area contributed by atoms with Crippen LogP contribution in [0.1, 0.15) is 43.0 Å². The van der Waals surface area contributed by atoms with E-state index in [-0.39, 0.29) is 44.6 Å². The van der Waals surface area contributed by atoms with Gasteiger partial charge in [-0.15, -0.1) is 36.2 Å². The Morgan fingerprint density at radius 2 is 1.68 bits per heavy atom. The van der Waals surface area contributed by atoms with Gasteiger partial charge in [-0.05, 0) is 62.6 Å². The van der Waals surface area contributed by atoms with Crippen LogP contribution in [0.25, 0.3) is 21.7 Å². The lowest BCUT2D eigenvalue weighted by Gasteiger charge is -2.22. The summed E-state index contributed by atoms with van der Waals surface area (Å²) in [5.41, 5.74) is 14.8. The van der Waals surface area contributed by atoms with Crippen molar-refractivity contribution in [1.82, 2.24) is 15.3 Å². The molecule has 280 valence electrons. The third kappa shape index (κ3) is 11.2. The molecule has 53 heavy (non-hydrogen) atoms. The minimum Gasteiger partial charge on any atom is -0.490 e. The smallest absolute Gasteiger partial charge is 0.328 e. The van der Waals surface area contributed by atoms with Crippen LogP contribution in [0.4, 0.5) is 5.82 Å². The molecule has 0 aliphatic carbocycles. The summed E-state index contributed by atoms with van der Waals surface area (Å²) < 4.78 is 11.0. The topological polar surface area (TPSA) is 193 Å². The molecule has 1 aliphatic heterocycles. The molecule has 1 fully saturated rings. The van der Waals surface area contributed by atoms with E-state index in [0.717, 1.165) is 42.2 Å². The second-order valence-corrected chi connectivity index (χ2v) is 13.9. The molecule has 0 bridgehead atoms. The molecular formula is C36H39Cl3N8O4S2. The lowest BCUT2D eigenvalue weighted by atomic mass is 9.96. The summed E-state index contributed by atoms with van der Waals surface area (Å²) in [5, 5.41) is 27.4. The predicted molar refractivity (Wildman–Crippen MR) is 213 cm³/mol. The molecular weight excluding hydrogens is 779 g/mol. The van der Waals surface area contributed by atoms with Crippen molar-refractivity contribution >= 4 is 77.2 Å². The van der Waals surface area contributed by atoms with Crippen LogP contribution in [-0.2, 0) is 20.1 Å². The molecule has 0 saturated carbocycles. The highest BCUT2D eigenvalue weighted by Crippen LogP contribution is 2.40. The van der Waals surface area contributed by atoms with Crippen LogP contribution in [-0.4, -0.2) is 66.8 Å². The average molecular weight is 818 g/mol. The van der Waals surface area contributed by atoms with Gasteiger partial charge in [0.15, 0.2) is 0 Å². The van der Waals surface area contributed by atoms with Crippen molar-refractivity contribution in [3.8, 4) is 39.6 Å². The summed E-state index contributed by atoms with van der Waals surface area (Å²) >= 11 is 9.00. The highest BCUT2D eigenvalue weighted by molar-refractivity contribution is 7.98. The van der Waals surface area contributed by atoms with Gasteiger partial charge in [0, 0.05) is 40.4 Å². The lowest BCUT2D eigenvalue weighted by Crippen LogP contribution is -2.48. The summed E-state index contributed by atoms with van der Waals surface area (Å²) in [6, 6.07) is 17.6. The van der Waals surface area contributed by atoms with Crippen LogP contribution in [0.15, 0.2) is 58.9 Å². The molecule has 5 rings (SSSR count). The SMILES string of the molecule is C[C@H](NC(=O)[C@@H](N)CCN)C(=O)OCCOc1ccc(-c2c(C#N)c(SCc3csc(-c4ccc(Cl)cc4)n3)nc(N3CCCC3)c2C#N)cc1.Cl.Cl. The predicted octanol–water partition coefficient (Wildman–Crippen LogP) is 6.11. The zero-order valence-corrected chi connectivity index (χ0v) is 32.8. The lowest BCUT2D eigenvalue weighted by molar-refractivity contribution is -0.148. The highest BCUT2D eigenvalue weighted by atomic mass is 35.5. The van der Waals surface area contributed by atoms with Gasteiger partial charge >= 0.3 is 5.97 Å². The molecule has 2 atom stereocenters. The van der Waals surface area contributed by atoms with Gasteiger partial charge in [0.1, 0.15) is 58.6 Å². The Morgan fingerprint density at radius 1 is 1.02 bits per heavy atom. The largest absolute Gasteiger partial charge is 0.490 e. The van der Waals surface area contributed by atoms with Gasteiger partial charge in [0.2, 0.25) is 5.91 Å². The van der Waals surface area contributed by atoms with E-state index in [4.69, 9.17) is 42.5 Å². The number of carbonyl (C=O) groups is 2. The minimum atomic E-state index is -0.883. The maximum absolute atomic E-state index is 12.3. The van der Waals surface area contributed by atoms with Crippen molar-refractivity contribution in [2.45, 2.75) is 49.0 Å². The second kappa shape index (κ2) is 20.9. The van der Waals surface area contributed by atoms with Gasteiger partial charge in [-0.3, -0.25) is 4.79 Å². The zero-order valence-electron chi connectivity index (χ0n) is 28.7. The van der Waals surface area contributed by atoms with Gasteiger partial charge in [-0.1, -0.05) is 47.6 Å². The molecule has 2 aromatic carbocycles. The van der Waals surface area contributed by atoms with Gasteiger partial charge in [0.05, 0.1) is 17.3 Å². The number of nitrogens with zero attached hydrogens (tertiary/aromatic N) is 5. The molecule has 0 radical (unpaired) electrons. The Bertz CT molecular complexity index is 1930. The number of aromatic nitrogens is 2. The van der Waals surface area contributed by atoms with E-state index in [1.807, 2.05) is 29.6 Å². The number of carbonyl (C=O) groups excluding carboxylic acids is 2. The summed E-state index contributed by atoms with van der Waals surface area (Å²) in [6.07, 6.45) is 2.29. The number of ether oxygens (including phenoxy) is 2. The molecule has 3 heterocycles. The molecule has 4 aromatic rings. The van der Waals surface area contributed by atoms with Crippen LogP contribution in [0.5, 0.6) is 5.75 Å². The quantitative estimate of drug-likeness (QED) is 0.0710. The standard InChI is InChI=1S/C36H37ClN8O4S2.2ClH/c1-22(42-33(46)30(41)12-13-38)36(47)49-17-16-48-27-10-6-23(7-11-27)31-28(18-39)32(45-14-2-3-15-45)44-35(29(31)19-40)51-21-26-20-50-34(43-26)24-4-8-25(37)9-5-24;;/h4-11,20,22,30H,2-3,12-17,21,38,41H2,1H3,(H,42,46);2*1H/t22-,30-;;/m0../s1. The fourth-order valence-corrected chi connectivity index (χ4v) is 7.32. The third-order valence-electron chi connectivity index (χ3n) is 8.04. The van der Waals surface area contributed by atoms with Crippen molar-refractivity contribution in [3.05, 3.63) is 75.8 Å². The first-order chi connectivity index (χ1) is 24.7. The number of pyridine rings is 1. The number of nitrogens with one attached hydrogen (secondary N) is 1. The first kappa shape index (κ1) is 43.3. The number of thioether (sulfide) groups is 1. The molecule has 1 amide bonds. The number of hydrogen-bond acceptors (Lipinski definition) is 13. The van der Waals surface area contributed by atoms with E-state index >= 15 is 0 Å². The molecule has 5 N–H and O–H groups in total. The molecule has 17 heteroatoms. The Morgan fingerprint density at radius 3 is 2.32 bits per heavy atom. The fourth-order valence-electron chi connectivity index (χ4n) is 5.39. The molecule has 12 nitrogen and oxygen atoms in total. The van der Waals surface area contributed by atoms with Gasteiger partial charge in [0.25, 0.3) is 0 Å². The van der Waals surface area contributed by atoms with Crippen molar-refractivity contribution in [1.29, 1.82) is 10.5 Å². The maximum Gasteiger partial charge on any atom is 0.328 e. The number of hydrogen-bond donors (Lipinski definition) is 3. The average Bonchev–Trinajstić information content (AvgIpc) is 3.86. The Kier molecular flexibility index (Phi) is 17.1. The third-order valence-corrected chi connectivity index (χ3v) is 10.2. The number of amides is 1. The van der Waals surface area contributed by atoms with Crippen molar-refractivity contribution < 1.29 is 19.1 Å². The minimum absolute atomic E-state index is 0. The van der Waals surface area contributed by atoms with E-state index in [0.29, 0.717) is 56.0 Å². The van der Waals surface area contributed by atoms with Gasteiger partial charge in [-0.25, -0.2) is 14.8 Å². The van der Waals surface area contributed by atoms with Gasteiger partial charge < -0.3 is 31.2 Å². The van der Waals surface area contributed by atoms with E-state index in [9.17, 15) is 20.1 Å². The van der Waals surface area contributed by atoms with Crippen LogP contribution >= 0.6 is 59.5 Å². The first-order valence-electron chi connectivity index (χ1n) is 16.3. The highest BCUT2D eigenvalue weighted by Gasteiger charge is 2.27. The monoisotopic (exact) mass is 816 g/mol. The number of nitriles is 2. The second-order valence-electron chi connectivity index (χ2n) is 11.7. The molecule has 0 spiro atoms. The summed E-state index contributed by atoms with van der Waals surface area (Å²) in [5.74, 6) is 0.467. The maximum atomic E-state index is 12.3. The number of anilines is 1. The van der Waals surface area contributed by atoms with E-state index in [2.05, 4.69) is 22.4 Å². The normalized spacial score (nSPS) is 13.1. The summed E-state index contributed by atoms with van der Waals surface area (Å²) in [7, 11) is 0. The van der Waals surface area contributed by atoms with Crippen LogP contribution in [0.2, 0.25) is 5.02 Å². The zero-order chi connectivity index (χ0) is 36.3. The Balaban J connectivity index is 0.00000378. The van der Waals surface area contributed by atoms with E-state index in [1.165, 1.54) is 30.0 Å². The van der Waals surface area contributed by atoms with Crippen LogP contribution in [0, 0.1) is 22.7 Å². The van der Waals surface area contributed by atoms with Crippen LogP contribution < -0.4 is 26.4 Å². The Labute approximate surface area is 334 Å². The Hall–Kier alpha value is -4.12. The fraction of sp³-hybridized carbons (Fsp3) is 0.333. The molecule has 2 aromatic heterocycles. The van der Waals surface area contributed by atoms with E-state index < -0.39 is 24.0 Å². The molecule has 0 unspecified atom stereocenters. The van der Waals surface area contributed by atoms with Crippen molar-refractivity contribution in [2.75, 3.05) is 37.7 Å². The van der Waals surface area contributed by atoms with Crippen molar-refractivity contribution in [2.24, 2.45) is 11.5 Å². The number of thiazole rings is 1. The summed E-state index contributed by atoms with van der Waals surface area (Å²) in [6.45, 7) is 3.34. The molecule has 1 saturated heterocycles. The number of nitrogens with two attached hydrogens (primary N) is 2. The number of esters is 1. The number of benzene rings is 2. The number of rotatable bonds is 15. The van der Waals surface area contributed by atoms with E-state index in [1.54, 1.807) is 24.3 Å².